The fraction of sp³-hybridized carbons (Fsp3) is 0.391. The Kier molecular flexibility index (Phi) is 7.53. The van der Waals surface area contributed by atoms with E-state index in [1.807, 2.05) is 48.2 Å². The molecule has 0 bridgehead atoms. The van der Waals surface area contributed by atoms with Crippen LogP contribution < -0.4 is 10.1 Å². The van der Waals surface area contributed by atoms with E-state index in [0.717, 1.165) is 29.7 Å². The number of piperidine rings is 1. The van der Waals surface area contributed by atoms with E-state index in [2.05, 4.69) is 5.32 Å². The highest BCUT2D eigenvalue weighted by molar-refractivity contribution is 6.30. The third-order valence-electron chi connectivity index (χ3n) is 5.08. The van der Waals surface area contributed by atoms with Gasteiger partial charge in [0.15, 0.2) is 0 Å². The highest BCUT2D eigenvalue weighted by atomic mass is 35.5. The number of hydrogen-bond donors (Lipinski definition) is 1. The van der Waals surface area contributed by atoms with Gasteiger partial charge in [0.25, 0.3) is 0 Å². The zero-order valence-electron chi connectivity index (χ0n) is 16.7. The van der Waals surface area contributed by atoms with E-state index in [1.54, 1.807) is 12.1 Å². The summed E-state index contributed by atoms with van der Waals surface area (Å²) < 4.78 is 5.42. The average Bonchev–Trinajstić information content (AvgIpc) is 2.72. The summed E-state index contributed by atoms with van der Waals surface area (Å²) in [7, 11) is 0. The van der Waals surface area contributed by atoms with Crippen LogP contribution in [0.1, 0.15) is 30.9 Å². The van der Waals surface area contributed by atoms with Crippen LogP contribution in [-0.2, 0) is 22.4 Å². The first-order chi connectivity index (χ1) is 14.0. The van der Waals surface area contributed by atoms with Crippen LogP contribution in [0.15, 0.2) is 48.5 Å². The van der Waals surface area contributed by atoms with E-state index in [0.29, 0.717) is 37.6 Å². The third-order valence-corrected chi connectivity index (χ3v) is 5.33. The SMILES string of the molecule is CCOc1ccc(CC(=O)NC2CCN(C(=O)Cc3ccc(Cl)cc3)CC2)cc1. The minimum atomic E-state index is 0.0140. The smallest absolute Gasteiger partial charge is 0.226 e. The first kappa shape index (κ1) is 21.2. The van der Waals surface area contributed by atoms with Gasteiger partial charge in [-0.1, -0.05) is 35.9 Å². The van der Waals surface area contributed by atoms with Gasteiger partial charge in [0, 0.05) is 24.2 Å². The maximum atomic E-state index is 12.5. The lowest BCUT2D eigenvalue weighted by Gasteiger charge is -2.32. The van der Waals surface area contributed by atoms with Crippen LogP contribution in [0.5, 0.6) is 5.75 Å². The number of hydrogen-bond acceptors (Lipinski definition) is 3. The topological polar surface area (TPSA) is 58.6 Å². The second-order valence-corrected chi connectivity index (χ2v) is 7.72. The Labute approximate surface area is 177 Å². The Balaban J connectivity index is 1.41. The molecule has 1 aliphatic heterocycles. The summed E-state index contributed by atoms with van der Waals surface area (Å²) in [6.45, 7) is 3.90. The highest BCUT2D eigenvalue weighted by Crippen LogP contribution is 2.16. The van der Waals surface area contributed by atoms with Gasteiger partial charge in [0.1, 0.15) is 5.75 Å². The lowest BCUT2D eigenvalue weighted by atomic mass is 10.0. The summed E-state index contributed by atoms with van der Waals surface area (Å²) in [5, 5.41) is 3.77. The Bertz CT molecular complexity index is 813. The van der Waals surface area contributed by atoms with Crippen molar-refractivity contribution in [2.45, 2.75) is 38.6 Å². The molecular weight excluding hydrogens is 388 g/mol. The van der Waals surface area contributed by atoms with Gasteiger partial charge in [-0.2, -0.15) is 0 Å². The number of likely N-dealkylation sites (tertiary alicyclic amines) is 1. The summed E-state index contributed by atoms with van der Waals surface area (Å²) in [6, 6.07) is 15.1. The molecule has 1 fully saturated rings. The molecule has 0 atom stereocenters. The Morgan fingerprint density at radius 2 is 1.59 bits per heavy atom. The quantitative estimate of drug-likeness (QED) is 0.752. The Morgan fingerprint density at radius 1 is 1.00 bits per heavy atom. The molecule has 6 heteroatoms. The van der Waals surface area contributed by atoms with Crippen LogP contribution in [0.3, 0.4) is 0 Å². The molecule has 1 N–H and O–H groups in total. The molecule has 29 heavy (non-hydrogen) atoms. The van der Waals surface area contributed by atoms with Crippen molar-refractivity contribution < 1.29 is 14.3 Å². The van der Waals surface area contributed by atoms with Crippen LogP contribution in [0.25, 0.3) is 0 Å². The number of carbonyl (C=O) groups excluding carboxylic acids is 2. The molecule has 1 heterocycles. The van der Waals surface area contributed by atoms with Crippen LogP contribution in [-0.4, -0.2) is 42.5 Å². The molecule has 3 rings (SSSR count). The number of carbonyl (C=O) groups is 2. The molecule has 0 radical (unpaired) electrons. The molecule has 1 aliphatic rings. The number of benzene rings is 2. The summed E-state index contributed by atoms with van der Waals surface area (Å²) in [5.74, 6) is 0.943. The number of ether oxygens (including phenoxy) is 1. The molecule has 0 spiro atoms. The van der Waals surface area contributed by atoms with E-state index in [9.17, 15) is 9.59 Å². The van der Waals surface area contributed by atoms with Crippen LogP contribution in [0.4, 0.5) is 0 Å². The fourth-order valence-electron chi connectivity index (χ4n) is 3.50. The standard InChI is InChI=1S/C23H27ClN2O3/c1-2-29-21-9-5-17(6-10-21)15-22(27)25-20-11-13-26(14-12-20)23(28)16-18-3-7-19(24)8-4-18/h3-10,20H,2,11-16H2,1H3,(H,25,27). The molecule has 1 saturated heterocycles. The molecular formula is C23H27ClN2O3. The van der Waals surface area contributed by atoms with Gasteiger partial charge in [-0.15, -0.1) is 0 Å². The van der Waals surface area contributed by atoms with Crippen molar-refractivity contribution in [3.05, 3.63) is 64.7 Å². The van der Waals surface area contributed by atoms with Crippen molar-refractivity contribution in [3.8, 4) is 5.75 Å². The first-order valence-electron chi connectivity index (χ1n) is 10.1. The van der Waals surface area contributed by atoms with E-state index in [1.165, 1.54) is 0 Å². The summed E-state index contributed by atoms with van der Waals surface area (Å²) in [4.78, 5) is 26.7. The summed E-state index contributed by atoms with van der Waals surface area (Å²) in [5.41, 5.74) is 1.92. The number of nitrogens with one attached hydrogen (secondary N) is 1. The lowest BCUT2D eigenvalue weighted by Crippen LogP contribution is -2.47. The van der Waals surface area contributed by atoms with Gasteiger partial charge >= 0.3 is 0 Å². The maximum Gasteiger partial charge on any atom is 0.226 e. The minimum absolute atomic E-state index is 0.0140. The number of nitrogens with zero attached hydrogens (tertiary/aromatic N) is 1. The zero-order chi connectivity index (χ0) is 20.6. The van der Waals surface area contributed by atoms with Gasteiger partial charge < -0.3 is 15.0 Å². The largest absolute Gasteiger partial charge is 0.494 e. The predicted molar refractivity (Wildman–Crippen MR) is 114 cm³/mol. The average molecular weight is 415 g/mol. The second kappa shape index (κ2) is 10.3. The molecule has 0 aromatic heterocycles. The van der Waals surface area contributed by atoms with E-state index in [-0.39, 0.29) is 17.9 Å². The molecule has 154 valence electrons. The molecule has 2 aromatic rings. The van der Waals surface area contributed by atoms with E-state index < -0.39 is 0 Å². The monoisotopic (exact) mass is 414 g/mol. The fourth-order valence-corrected chi connectivity index (χ4v) is 3.62. The molecule has 0 unspecified atom stereocenters. The van der Waals surface area contributed by atoms with Crippen molar-refractivity contribution in [3.63, 3.8) is 0 Å². The third kappa shape index (κ3) is 6.50. The van der Waals surface area contributed by atoms with Crippen LogP contribution in [0, 0.1) is 0 Å². The van der Waals surface area contributed by atoms with Crippen LogP contribution in [0.2, 0.25) is 5.02 Å². The zero-order valence-corrected chi connectivity index (χ0v) is 17.5. The van der Waals surface area contributed by atoms with Crippen molar-refractivity contribution in [1.29, 1.82) is 0 Å². The highest BCUT2D eigenvalue weighted by Gasteiger charge is 2.23. The summed E-state index contributed by atoms with van der Waals surface area (Å²) >= 11 is 5.89. The molecule has 2 aromatic carbocycles. The first-order valence-corrected chi connectivity index (χ1v) is 10.4. The molecule has 5 nitrogen and oxygen atoms in total. The predicted octanol–water partition coefficient (Wildman–Crippen LogP) is 3.63. The van der Waals surface area contributed by atoms with E-state index in [4.69, 9.17) is 16.3 Å². The lowest BCUT2D eigenvalue weighted by molar-refractivity contribution is -0.131. The van der Waals surface area contributed by atoms with Gasteiger partial charge in [-0.05, 0) is 55.2 Å². The van der Waals surface area contributed by atoms with Crippen LogP contribution >= 0.6 is 11.6 Å². The second-order valence-electron chi connectivity index (χ2n) is 7.28. The molecule has 0 aliphatic carbocycles. The van der Waals surface area contributed by atoms with Gasteiger partial charge in [0.2, 0.25) is 11.8 Å². The molecule has 2 amide bonds. The van der Waals surface area contributed by atoms with Gasteiger partial charge in [0.05, 0.1) is 19.4 Å². The van der Waals surface area contributed by atoms with E-state index >= 15 is 0 Å². The van der Waals surface area contributed by atoms with Gasteiger partial charge in [-0.3, -0.25) is 9.59 Å². The number of amides is 2. The van der Waals surface area contributed by atoms with Crippen molar-refractivity contribution >= 4 is 23.4 Å². The van der Waals surface area contributed by atoms with Crippen molar-refractivity contribution in [2.75, 3.05) is 19.7 Å². The number of halogens is 1. The Hall–Kier alpha value is -2.53. The number of rotatable bonds is 7. The minimum Gasteiger partial charge on any atom is -0.494 e. The Morgan fingerprint density at radius 3 is 2.21 bits per heavy atom. The normalized spacial score (nSPS) is 14.5. The van der Waals surface area contributed by atoms with Crippen molar-refractivity contribution in [2.24, 2.45) is 0 Å². The molecule has 0 saturated carbocycles. The summed E-state index contributed by atoms with van der Waals surface area (Å²) in [6.07, 6.45) is 2.29. The van der Waals surface area contributed by atoms with Gasteiger partial charge in [-0.25, -0.2) is 0 Å². The maximum absolute atomic E-state index is 12.5. The van der Waals surface area contributed by atoms with Crippen molar-refractivity contribution in [1.82, 2.24) is 10.2 Å².